The molecule has 1 aliphatic rings. The van der Waals surface area contributed by atoms with Crippen LogP contribution >= 0.6 is 0 Å². The largest absolute Gasteiger partial charge is 0.497 e. The highest BCUT2D eigenvalue weighted by Crippen LogP contribution is 2.23. The standard InChI is InChI=1S/C26H25FN2O3/c1-32-24-7-3-6-21(16-24)26(31)29-13-12-28-25(30)22(17-29)15-18-4-2-5-20(14-18)19-8-10-23(27)11-9-19/h2-11,14,16,22H,12-13,15,17H2,1H3,(H,28,30)/t22-/m0/s1. The first-order chi connectivity index (χ1) is 15.5. The third-order valence-electron chi connectivity index (χ3n) is 5.68. The van der Waals surface area contributed by atoms with Gasteiger partial charge >= 0.3 is 0 Å². The summed E-state index contributed by atoms with van der Waals surface area (Å²) in [5, 5.41) is 2.93. The maximum absolute atomic E-state index is 13.3. The van der Waals surface area contributed by atoms with Gasteiger partial charge in [0.15, 0.2) is 0 Å². The third-order valence-corrected chi connectivity index (χ3v) is 5.68. The van der Waals surface area contributed by atoms with E-state index < -0.39 is 0 Å². The maximum Gasteiger partial charge on any atom is 0.254 e. The summed E-state index contributed by atoms with van der Waals surface area (Å²) in [4.78, 5) is 27.5. The van der Waals surface area contributed by atoms with Gasteiger partial charge in [0, 0.05) is 25.2 Å². The van der Waals surface area contributed by atoms with E-state index >= 15 is 0 Å². The van der Waals surface area contributed by atoms with Crippen molar-refractivity contribution in [3.8, 4) is 16.9 Å². The number of hydrogen-bond acceptors (Lipinski definition) is 3. The molecule has 2 amide bonds. The average molecular weight is 432 g/mol. The lowest BCUT2D eigenvalue weighted by molar-refractivity contribution is -0.124. The first-order valence-electron chi connectivity index (χ1n) is 10.6. The fraction of sp³-hybridized carbons (Fsp3) is 0.231. The summed E-state index contributed by atoms with van der Waals surface area (Å²) in [6, 6.07) is 21.3. The van der Waals surface area contributed by atoms with Gasteiger partial charge in [0.1, 0.15) is 11.6 Å². The number of halogens is 1. The van der Waals surface area contributed by atoms with Gasteiger partial charge in [0.25, 0.3) is 5.91 Å². The lowest BCUT2D eigenvalue weighted by atomic mass is 9.95. The minimum atomic E-state index is -0.365. The number of hydrogen-bond donors (Lipinski definition) is 1. The number of ether oxygens (including phenoxy) is 1. The summed E-state index contributed by atoms with van der Waals surface area (Å²) in [6.45, 7) is 1.21. The van der Waals surface area contributed by atoms with Crippen molar-refractivity contribution in [1.29, 1.82) is 0 Å². The Morgan fingerprint density at radius 2 is 1.84 bits per heavy atom. The van der Waals surface area contributed by atoms with Crippen molar-refractivity contribution in [1.82, 2.24) is 10.2 Å². The van der Waals surface area contributed by atoms with Gasteiger partial charge in [0.2, 0.25) is 5.91 Å². The van der Waals surface area contributed by atoms with Gasteiger partial charge in [-0.25, -0.2) is 4.39 Å². The lowest BCUT2D eigenvalue weighted by Crippen LogP contribution is -2.37. The molecule has 3 aromatic rings. The predicted molar refractivity (Wildman–Crippen MR) is 121 cm³/mol. The van der Waals surface area contributed by atoms with E-state index in [-0.39, 0.29) is 23.5 Å². The molecule has 0 aromatic heterocycles. The highest BCUT2D eigenvalue weighted by atomic mass is 19.1. The van der Waals surface area contributed by atoms with E-state index in [4.69, 9.17) is 4.74 Å². The van der Waals surface area contributed by atoms with Gasteiger partial charge < -0.3 is 15.0 Å². The van der Waals surface area contributed by atoms with Crippen molar-refractivity contribution in [2.45, 2.75) is 6.42 Å². The highest BCUT2D eigenvalue weighted by Gasteiger charge is 2.28. The molecule has 0 unspecified atom stereocenters. The number of nitrogens with one attached hydrogen (secondary N) is 1. The molecular weight excluding hydrogens is 407 g/mol. The van der Waals surface area contributed by atoms with E-state index in [9.17, 15) is 14.0 Å². The molecule has 164 valence electrons. The molecule has 1 saturated heterocycles. The van der Waals surface area contributed by atoms with Crippen LogP contribution < -0.4 is 10.1 Å². The summed E-state index contributed by atoms with van der Waals surface area (Å²) >= 11 is 0. The first-order valence-corrected chi connectivity index (χ1v) is 10.6. The lowest BCUT2D eigenvalue weighted by Gasteiger charge is -2.23. The van der Waals surface area contributed by atoms with Crippen LogP contribution in [-0.2, 0) is 11.2 Å². The molecule has 4 rings (SSSR count). The van der Waals surface area contributed by atoms with Crippen molar-refractivity contribution in [3.63, 3.8) is 0 Å². The van der Waals surface area contributed by atoms with Crippen LogP contribution in [0.15, 0.2) is 72.8 Å². The predicted octanol–water partition coefficient (Wildman–Crippen LogP) is 3.93. The van der Waals surface area contributed by atoms with Gasteiger partial charge in [-0.15, -0.1) is 0 Å². The van der Waals surface area contributed by atoms with Crippen LogP contribution in [0.25, 0.3) is 11.1 Å². The molecule has 6 heteroatoms. The van der Waals surface area contributed by atoms with E-state index in [0.29, 0.717) is 37.4 Å². The van der Waals surface area contributed by atoms with Crippen LogP contribution in [0.1, 0.15) is 15.9 Å². The molecule has 32 heavy (non-hydrogen) atoms. The Morgan fingerprint density at radius 1 is 1.06 bits per heavy atom. The monoisotopic (exact) mass is 432 g/mol. The highest BCUT2D eigenvalue weighted by molar-refractivity contribution is 5.95. The van der Waals surface area contributed by atoms with Crippen molar-refractivity contribution in [2.75, 3.05) is 26.7 Å². The number of methoxy groups -OCH3 is 1. The summed E-state index contributed by atoms with van der Waals surface area (Å²) < 4.78 is 18.5. The van der Waals surface area contributed by atoms with Crippen LogP contribution in [0, 0.1) is 11.7 Å². The summed E-state index contributed by atoms with van der Waals surface area (Å²) in [5.41, 5.74) is 3.40. The first kappa shape index (κ1) is 21.6. The van der Waals surface area contributed by atoms with Crippen molar-refractivity contribution >= 4 is 11.8 Å². The molecule has 1 heterocycles. The second-order valence-corrected chi connectivity index (χ2v) is 7.88. The van der Waals surface area contributed by atoms with E-state index in [0.717, 1.165) is 16.7 Å². The Morgan fingerprint density at radius 3 is 2.62 bits per heavy atom. The van der Waals surface area contributed by atoms with Crippen LogP contribution in [-0.4, -0.2) is 43.5 Å². The molecule has 1 aliphatic heterocycles. The molecule has 0 radical (unpaired) electrons. The molecule has 0 spiro atoms. The quantitative estimate of drug-likeness (QED) is 0.665. The molecule has 1 atom stereocenters. The fourth-order valence-electron chi connectivity index (χ4n) is 3.98. The SMILES string of the molecule is COc1cccc(C(=O)N2CCNC(=O)[C@@H](Cc3cccc(-c4ccc(F)cc4)c3)C2)c1. The Balaban J connectivity index is 1.52. The summed E-state index contributed by atoms with van der Waals surface area (Å²) in [6.07, 6.45) is 0.503. The zero-order chi connectivity index (χ0) is 22.5. The number of nitrogens with zero attached hydrogens (tertiary/aromatic N) is 1. The van der Waals surface area contributed by atoms with Gasteiger partial charge in [-0.2, -0.15) is 0 Å². The van der Waals surface area contributed by atoms with Crippen LogP contribution in [0.4, 0.5) is 4.39 Å². The smallest absolute Gasteiger partial charge is 0.254 e. The zero-order valence-corrected chi connectivity index (χ0v) is 17.9. The van der Waals surface area contributed by atoms with Gasteiger partial charge in [-0.1, -0.05) is 42.5 Å². The number of carbonyl (C=O) groups excluding carboxylic acids is 2. The molecule has 1 N–H and O–H groups in total. The van der Waals surface area contributed by atoms with Gasteiger partial charge in [-0.3, -0.25) is 9.59 Å². The molecular formula is C26H25FN2O3. The fourth-order valence-corrected chi connectivity index (χ4v) is 3.98. The van der Waals surface area contributed by atoms with E-state index in [1.165, 1.54) is 12.1 Å². The Bertz CT molecular complexity index is 1110. The molecule has 3 aromatic carbocycles. The Labute approximate surface area is 186 Å². The number of rotatable bonds is 5. The van der Waals surface area contributed by atoms with Crippen LogP contribution in [0.5, 0.6) is 5.75 Å². The normalized spacial score (nSPS) is 16.2. The number of benzene rings is 3. The summed E-state index contributed by atoms with van der Waals surface area (Å²) in [5.74, 6) is -0.200. The van der Waals surface area contributed by atoms with Crippen LogP contribution in [0.3, 0.4) is 0 Å². The zero-order valence-electron chi connectivity index (χ0n) is 17.9. The van der Waals surface area contributed by atoms with Gasteiger partial charge in [0.05, 0.1) is 13.0 Å². The molecule has 0 bridgehead atoms. The topological polar surface area (TPSA) is 58.6 Å². The average Bonchev–Trinajstić information content (AvgIpc) is 3.00. The second-order valence-electron chi connectivity index (χ2n) is 7.88. The second kappa shape index (κ2) is 9.64. The Hall–Kier alpha value is -3.67. The number of amides is 2. The van der Waals surface area contributed by atoms with E-state index in [2.05, 4.69) is 5.32 Å². The number of carbonyl (C=O) groups is 2. The summed E-state index contributed by atoms with van der Waals surface area (Å²) in [7, 11) is 1.56. The van der Waals surface area contributed by atoms with E-state index in [1.807, 2.05) is 24.3 Å². The van der Waals surface area contributed by atoms with E-state index in [1.54, 1.807) is 48.4 Å². The minimum absolute atomic E-state index is 0.0573. The maximum atomic E-state index is 13.3. The van der Waals surface area contributed by atoms with Crippen molar-refractivity contribution in [2.24, 2.45) is 5.92 Å². The third kappa shape index (κ3) is 4.97. The molecule has 1 fully saturated rings. The molecule has 5 nitrogen and oxygen atoms in total. The van der Waals surface area contributed by atoms with Crippen molar-refractivity contribution in [3.05, 3.63) is 89.7 Å². The molecule has 0 saturated carbocycles. The van der Waals surface area contributed by atoms with Crippen molar-refractivity contribution < 1.29 is 18.7 Å². The van der Waals surface area contributed by atoms with Crippen LogP contribution in [0.2, 0.25) is 0 Å². The Kier molecular flexibility index (Phi) is 6.50. The van der Waals surface area contributed by atoms with Gasteiger partial charge in [-0.05, 0) is 53.4 Å². The molecule has 0 aliphatic carbocycles. The minimum Gasteiger partial charge on any atom is -0.497 e.